The maximum Gasteiger partial charge on any atom is 0.262 e. The second-order valence-electron chi connectivity index (χ2n) is 7.15. The van der Waals surface area contributed by atoms with Crippen LogP contribution in [0.5, 0.6) is 5.75 Å². The van der Waals surface area contributed by atoms with Gasteiger partial charge in [-0.15, -0.1) is 0 Å². The highest BCUT2D eigenvalue weighted by atomic mass is 35.5. The summed E-state index contributed by atoms with van der Waals surface area (Å²) in [5.41, 5.74) is 2.28. The molecule has 1 atom stereocenters. The Kier molecular flexibility index (Phi) is 7.79. The zero-order chi connectivity index (χ0) is 23.3. The van der Waals surface area contributed by atoms with Gasteiger partial charge in [-0.05, 0) is 55.3 Å². The largest absolute Gasteiger partial charge is 0.482 e. The number of nitrogens with one attached hydrogen (secondary N) is 2. The van der Waals surface area contributed by atoms with Crippen LogP contribution in [0.4, 0.5) is 5.69 Å². The van der Waals surface area contributed by atoms with Gasteiger partial charge in [0.25, 0.3) is 5.91 Å². The number of benzene rings is 3. The van der Waals surface area contributed by atoms with Crippen molar-refractivity contribution < 1.29 is 17.9 Å². The molecule has 9 heteroatoms. The Morgan fingerprint density at radius 2 is 1.72 bits per heavy atom. The Balaban J connectivity index is 1.62. The molecule has 0 radical (unpaired) electrons. The number of sulfonamides is 1. The van der Waals surface area contributed by atoms with E-state index in [-0.39, 0.29) is 22.3 Å². The lowest BCUT2D eigenvalue weighted by Gasteiger charge is -2.15. The van der Waals surface area contributed by atoms with Crippen LogP contribution in [0, 0.1) is 6.92 Å². The first-order valence-electron chi connectivity index (χ1n) is 9.71. The van der Waals surface area contributed by atoms with Gasteiger partial charge in [0.15, 0.2) is 6.61 Å². The summed E-state index contributed by atoms with van der Waals surface area (Å²) in [4.78, 5) is 12.1. The van der Waals surface area contributed by atoms with E-state index in [1.807, 2.05) is 37.3 Å². The molecule has 0 aliphatic rings. The molecule has 3 aromatic carbocycles. The average molecular weight is 493 g/mol. The summed E-state index contributed by atoms with van der Waals surface area (Å²) in [5.74, 6) is -0.213. The second kappa shape index (κ2) is 10.4. The Labute approximate surface area is 197 Å². The van der Waals surface area contributed by atoms with Crippen molar-refractivity contribution in [3.63, 3.8) is 0 Å². The zero-order valence-electron chi connectivity index (χ0n) is 17.4. The first kappa shape index (κ1) is 24.1. The van der Waals surface area contributed by atoms with Crippen LogP contribution in [0.25, 0.3) is 0 Å². The minimum absolute atomic E-state index is 0.00335. The van der Waals surface area contributed by atoms with Crippen LogP contribution in [0.3, 0.4) is 0 Å². The monoisotopic (exact) mass is 492 g/mol. The lowest BCUT2D eigenvalue weighted by Crippen LogP contribution is -2.27. The van der Waals surface area contributed by atoms with Gasteiger partial charge in [0, 0.05) is 16.8 Å². The number of halogens is 2. The molecule has 3 aromatic rings. The maximum atomic E-state index is 12.7. The predicted octanol–water partition coefficient (Wildman–Crippen LogP) is 5.36. The molecule has 0 saturated heterocycles. The number of hydrogen-bond acceptors (Lipinski definition) is 4. The SMILES string of the molecule is Cc1ccc(NC(=O)COc2ccc(S(=O)(=O)NC(C)c3ccccc3)cc2Cl)cc1Cl. The number of anilines is 1. The van der Waals surface area contributed by atoms with E-state index in [2.05, 4.69) is 10.0 Å². The fraction of sp³-hybridized carbons (Fsp3) is 0.174. The van der Waals surface area contributed by atoms with E-state index in [0.717, 1.165) is 11.1 Å². The number of carbonyl (C=O) groups is 1. The lowest BCUT2D eigenvalue weighted by molar-refractivity contribution is -0.118. The molecule has 1 amide bonds. The first-order valence-corrected chi connectivity index (χ1v) is 12.0. The third-order valence-electron chi connectivity index (χ3n) is 4.66. The highest BCUT2D eigenvalue weighted by Crippen LogP contribution is 2.28. The van der Waals surface area contributed by atoms with Gasteiger partial charge in [-0.2, -0.15) is 0 Å². The van der Waals surface area contributed by atoms with Gasteiger partial charge in [0.1, 0.15) is 5.75 Å². The quantitative estimate of drug-likeness (QED) is 0.443. The van der Waals surface area contributed by atoms with Crippen molar-refractivity contribution in [2.75, 3.05) is 11.9 Å². The van der Waals surface area contributed by atoms with Crippen molar-refractivity contribution in [3.8, 4) is 5.75 Å². The van der Waals surface area contributed by atoms with E-state index in [1.54, 1.807) is 25.1 Å². The van der Waals surface area contributed by atoms with Gasteiger partial charge in [0.2, 0.25) is 10.0 Å². The van der Waals surface area contributed by atoms with Gasteiger partial charge in [0.05, 0.1) is 9.92 Å². The molecule has 2 N–H and O–H groups in total. The highest BCUT2D eigenvalue weighted by Gasteiger charge is 2.20. The van der Waals surface area contributed by atoms with Gasteiger partial charge in [-0.3, -0.25) is 4.79 Å². The van der Waals surface area contributed by atoms with E-state index >= 15 is 0 Å². The molecule has 0 bridgehead atoms. The molecule has 6 nitrogen and oxygen atoms in total. The van der Waals surface area contributed by atoms with Gasteiger partial charge < -0.3 is 10.1 Å². The summed E-state index contributed by atoms with van der Waals surface area (Å²) < 4.78 is 33.5. The molecule has 3 rings (SSSR count). The Bertz CT molecular complexity index is 1220. The van der Waals surface area contributed by atoms with Crippen LogP contribution in [0.15, 0.2) is 71.6 Å². The van der Waals surface area contributed by atoms with Crippen molar-refractivity contribution in [2.45, 2.75) is 24.8 Å². The molecule has 0 spiro atoms. The summed E-state index contributed by atoms with van der Waals surface area (Å²) >= 11 is 12.3. The number of ether oxygens (including phenoxy) is 1. The van der Waals surface area contributed by atoms with Crippen molar-refractivity contribution in [1.29, 1.82) is 0 Å². The third kappa shape index (κ3) is 6.23. The van der Waals surface area contributed by atoms with Crippen LogP contribution >= 0.6 is 23.2 Å². The lowest BCUT2D eigenvalue weighted by atomic mass is 10.1. The molecular formula is C23H22Cl2N2O4S. The van der Waals surface area contributed by atoms with Gasteiger partial charge in [-0.25, -0.2) is 13.1 Å². The van der Waals surface area contributed by atoms with Crippen molar-refractivity contribution in [2.24, 2.45) is 0 Å². The Morgan fingerprint density at radius 1 is 1.00 bits per heavy atom. The minimum atomic E-state index is -3.81. The number of amides is 1. The van der Waals surface area contributed by atoms with Gasteiger partial charge >= 0.3 is 0 Å². The van der Waals surface area contributed by atoms with Crippen LogP contribution in [-0.2, 0) is 14.8 Å². The van der Waals surface area contributed by atoms with E-state index in [0.29, 0.717) is 10.7 Å². The summed E-state index contributed by atoms with van der Waals surface area (Å²) in [7, 11) is -3.81. The normalized spacial score (nSPS) is 12.2. The standard InChI is InChI=1S/C23H22Cl2N2O4S/c1-15-8-9-18(12-20(15)24)26-23(28)14-31-22-11-10-19(13-21(22)25)32(29,30)27-16(2)17-6-4-3-5-7-17/h3-13,16,27H,14H2,1-2H3,(H,26,28). The van der Waals surface area contributed by atoms with Crippen LogP contribution in [-0.4, -0.2) is 20.9 Å². The zero-order valence-corrected chi connectivity index (χ0v) is 19.8. The van der Waals surface area contributed by atoms with Crippen LogP contribution in [0.2, 0.25) is 10.0 Å². The van der Waals surface area contributed by atoms with Crippen molar-refractivity contribution >= 4 is 44.8 Å². The molecule has 0 heterocycles. The molecule has 0 fully saturated rings. The van der Waals surface area contributed by atoms with Gasteiger partial charge in [-0.1, -0.05) is 59.6 Å². The van der Waals surface area contributed by atoms with E-state index < -0.39 is 22.0 Å². The summed E-state index contributed by atoms with van der Waals surface area (Å²) in [6, 6.07) is 18.0. The average Bonchev–Trinajstić information content (AvgIpc) is 2.75. The van der Waals surface area contributed by atoms with Crippen molar-refractivity contribution in [3.05, 3.63) is 87.9 Å². The summed E-state index contributed by atoms with van der Waals surface area (Å²) in [5, 5.41) is 3.29. The first-order chi connectivity index (χ1) is 15.2. The maximum absolute atomic E-state index is 12.7. The van der Waals surface area contributed by atoms with E-state index in [4.69, 9.17) is 27.9 Å². The fourth-order valence-electron chi connectivity index (χ4n) is 2.89. The molecule has 0 saturated carbocycles. The van der Waals surface area contributed by atoms with Crippen LogP contribution < -0.4 is 14.8 Å². The molecule has 0 aliphatic carbocycles. The third-order valence-corrected chi connectivity index (χ3v) is 6.90. The predicted molar refractivity (Wildman–Crippen MR) is 127 cm³/mol. The highest BCUT2D eigenvalue weighted by molar-refractivity contribution is 7.89. The number of carbonyl (C=O) groups excluding carboxylic acids is 1. The molecule has 0 aliphatic heterocycles. The molecule has 168 valence electrons. The van der Waals surface area contributed by atoms with E-state index in [1.165, 1.54) is 18.2 Å². The Morgan fingerprint density at radius 3 is 2.38 bits per heavy atom. The number of rotatable bonds is 8. The second-order valence-corrected chi connectivity index (χ2v) is 9.68. The molecule has 32 heavy (non-hydrogen) atoms. The van der Waals surface area contributed by atoms with E-state index in [9.17, 15) is 13.2 Å². The number of aryl methyl sites for hydroxylation is 1. The smallest absolute Gasteiger partial charge is 0.262 e. The molecule has 1 unspecified atom stereocenters. The molecule has 0 aromatic heterocycles. The van der Waals surface area contributed by atoms with Crippen molar-refractivity contribution in [1.82, 2.24) is 4.72 Å². The topological polar surface area (TPSA) is 84.5 Å². The fourth-order valence-corrected chi connectivity index (χ4v) is 4.63. The molecular weight excluding hydrogens is 471 g/mol. The number of hydrogen-bond donors (Lipinski definition) is 2. The van der Waals surface area contributed by atoms with Crippen LogP contribution in [0.1, 0.15) is 24.1 Å². The minimum Gasteiger partial charge on any atom is -0.482 e. The summed E-state index contributed by atoms with van der Waals surface area (Å²) in [6.07, 6.45) is 0. The summed E-state index contributed by atoms with van der Waals surface area (Å²) in [6.45, 7) is 3.31. The Hall–Kier alpha value is -2.58.